The maximum Gasteiger partial charge on any atom is 0.229 e. The Labute approximate surface area is 281 Å². The molecule has 2 heterocycles. The van der Waals surface area contributed by atoms with Crippen molar-refractivity contribution < 1.29 is 14.7 Å². The van der Waals surface area contributed by atoms with Gasteiger partial charge in [-0.15, -0.1) is 0 Å². The lowest BCUT2D eigenvalue weighted by Crippen LogP contribution is -2.58. The van der Waals surface area contributed by atoms with E-state index in [4.69, 9.17) is 9.97 Å². The third-order valence-electron chi connectivity index (χ3n) is 12.8. The third kappa shape index (κ3) is 5.55. The molecule has 1 aliphatic heterocycles. The zero-order chi connectivity index (χ0) is 33.7. The van der Waals surface area contributed by atoms with Gasteiger partial charge in [-0.1, -0.05) is 31.6 Å². The quantitative estimate of drug-likeness (QED) is 0.351. The molecule has 0 aromatic carbocycles. The summed E-state index contributed by atoms with van der Waals surface area (Å²) in [6.45, 7) is 22.0. The van der Waals surface area contributed by atoms with E-state index >= 15 is 0 Å². The highest BCUT2D eigenvalue weighted by Crippen LogP contribution is 2.65. The highest BCUT2D eigenvalue weighted by atomic mass is 16.3. The zero-order valence-electron chi connectivity index (χ0n) is 29.8. The summed E-state index contributed by atoms with van der Waals surface area (Å²) in [5.74, 6) is 3.57. The van der Waals surface area contributed by atoms with Crippen LogP contribution in [0.15, 0.2) is 41.5 Å². The Balaban J connectivity index is 1.15. The molecule has 0 spiro atoms. The highest BCUT2D eigenvalue weighted by molar-refractivity contribution is 6.01. The molecule has 256 valence electrons. The van der Waals surface area contributed by atoms with Crippen molar-refractivity contribution in [1.29, 1.82) is 0 Å². The Morgan fingerprint density at radius 1 is 1.00 bits per heavy atom. The first-order valence-corrected chi connectivity index (χ1v) is 18.2. The van der Waals surface area contributed by atoms with Crippen molar-refractivity contribution in [3.8, 4) is 0 Å². The Bertz CT molecular complexity index is 1440. The zero-order valence-corrected chi connectivity index (χ0v) is 29.8. The number of carbonyl (C=O) groups is 2. The summed E-state index contributed by atoms with van der Waals surface area (Å²) in [4.78, 5) is 45.3. The number of allylic oxidation sites excluding steroid dienone is 6. The van der Waals surface area contributed by atoms with Crippen molar-refractivity contribution in [1.82, 2.24) is 14.9 Å². The van der Waals surface area contributed by atoms with Crippen molar-refractivity contribution in [3.63, 3.8) is 0 Å². The number of anilines is 3. The second kappa shape index (κ2) is 12.8. The average Bonchev–Trinajstić information content (AvgIpc) is 3.35. The number of hydrogen-bond acceptors (Lipinski definition) is 9. The molecule has 47 heavy (non-hydrogen) atoms. The van der Waals surface area contributed by atoms with Gasteiger partial charge >= 0.3 is 0 Å². The van der Waals surface area contributed by atoms with E-state index < -0.39 is 11.0 Å². The topological polar surface area (TPSA) is 93.1 Å². The fourth-order valence-electron chi connectivity index (χ4n) is 9.80. The first-order chi connectivity index (χ1) is 22.4. The second-order valence-electron chi connectivity index (χ2n) is 15.0. The Morgan fingerprint density at radius 2 is 1.68 bits per heavy atom. The number of Topliss-reactive ketones (excluding diaryl/α,β-unsaturated/α-hetero) is 1. The molecule has 0 amide bonds. The summed E-state index contributed by atoms with van der Waals surface area (Å²) >= 11 is 0. The van der Waals surface area contributed by atoms with Gasteiger partial charge in [0, 0.05) is 69.3 Å². The minimum absolute atomic E-state index is 0.0266. The van der Waals surface area contributed by atoms with Crippen LogP contribution in [0.3, 0.4) is 0 Å². The van der Waals surface area contributed by atoms with Crippen LogP contribution in [0, 0.1) is 28.6 Å². The summed E-state index contributed by atoms with van der Waals surface area (Å²) in [5.41, 5.74) is 0.534. The van der Waals surface area contributed by atoms with E-state index in [1.165, 1.54) is 11.1 Å². The molecule has 9 heteroatoms. The van der Waals surface area contributed by atoms with Gasteiger partial charge in [0.25, 0.3) is 0 Å². The van der Waals surface area contributed by atoms with Crippen LogP contribution in [0.5, 0.6) is 0 Å². The van der Waals surface area contributed by atoms with Crippen LogP contribution in [0.25, 0.3) is 0 Å². The van der Waals surface area contributed by atoms with Crippen molar-refractivity contribution in [3.05, 3.63) is 41.5 Å². The van der Waals surface area contributed by atoms with Crippen molar-refractivity contribution in [2.45, 2.75) is 79.8 Å². The van der Waals surface area contributed by atoms with E-state index in [1.807, 2.05) is 6.08 Å². The standard InChI is InChI=1S/C38H56N6O3/c1-8-42(9-2)33-24-34(40-35(39-33)43(10-3)11-4)44-20-18-41(19-21-44)25-32(46)38(47)17-14-30-28-22-26(5)31-23-27(45)12-15-36(31,6)29(28)13-16-37(30,38)7/h12-13,15,23-24,26,28,30,47H,8-11,14,16-22,25H2,1-7H3/t26?,28-,30+,36-,37+,38+/m1/s1. The van der Waals surface area contributed by atoms with Crippen LogP contribution in [-0.2, 0) is 9.59 Å². The van der Waals surface area contributed by atoms with Crippen LogP contribution in [0.2, 0.25) is 0 Å². The number of piperazine rings is 1. The number of carbonyl (C=O) groups excluding carboxylic acids is 2. The summed E-state index contributed by atoms with van der Waals surface area (Å²) in [7, 11) is 0. The van der Waals surface area contributed by atoms with Gasteiger partial charge in [-0.25, -0.2) is 0 Å². The minimum atomic E-state index is -1.33. The first-order valence-electron chi connectivity index (χ1n) is 18.2. The predicted molar refractivity (Wildman–Crippen MR) is 189 cm³/mol. The highest BCUT2D eigenvalue weighted by Gasteiger charge is 2.64. The molecule has 1 N–H and O–H groups in total. The number of rotatable bonds is 10. The number of nitrogens with zero attached hydrogens (tertiary/aromatic N) is 6. The lowest BCUT2D eigenvalue weighted by Gasteiger charge is -2.55. The van der Waals surface area contributed by atoms with E-state index in [0.29, 0.717) is 24.7 Å². The first kappa shape index (κ1) is 33.8. The second-order valence-corrected chi connectivity index (χ2v) is 15.0. The van der Waals surface area contributed by atoms with E-state index in [2.05, 4.69) is 86.3 Å². The van der Waals surface area contributed by atoms with Crippen LogP contribution in [-0.4, -0.2) is 96.0 Å². The number of hydrogen-bond donors (Lipinski definition) is 1. The van der Waals surface area contributed by atoms with Crippen LogP contribution < -0.4 is 14.7 Å². The maximum atomic E-state index is 14.2. The number of aromatic nitrogens is 2. The Morgan fingerprint density at radius 3 is 2.34 bits per heavy atom. The number of ketones is 2. The van der Waals surface area contributed by atoms with Gasteiger partial charge in [-0.2, -0.15) is 9.97 Å². The monoisotopic (exact) mass is 644 g/mol. The van der Waals surface area contributed by atoms with Gasteiger partial charge in [0.15, 0.2) is 11.6 Å². The number of aliphatic hydroxyl groups is 1. The maximum absolute atomic E-state index is 14.2. The van der Waals surface area contributed by atoms with E-state index in [-0.39, 0.29) is 29.4 Å². The molecular formula is C38H56N6O3. The van der Waals surface area contributed by atoms with Gasteiger partial charge in [0.2, 0.25) is 5.95 Å². The Hall–Kier alpha value is -3.04. The van der Waals surface area contributed by atoms with Gasteiger partial charge < -0.3 is 19.8 Å². The summed E-state index contributed by atoms with van der Waals surface area (Å²) in [6, 6.07) is 2.11. The predicted octanol–water partition coefficient (Wildman–Crippen LogP) is 5.07. The molecule has 0 bridgehead atoms. The van der Waals surface area contributed by atoms with Crippen molar-refractivity contribution in [2.75, 3.05) is 73.6 Å². The molecule has 1 aromatic rings. The normalized spacial score (nSPS) is 33.5. The summed E-state index contributed by atoms with van der Waals surface area (Å²) in [6.07, 6.45) is 11.0. The molecule has 0 radical (unpaired) electrons. The third-order valence-corrected chi connectivity index (χ3v) is 12.8. The summed E-state index contributed by atoms with van der Waals surface area (Å²) in [5, 5.41) is 12.3. The Kier molecular flexibility index (Phi) is 9.20. The molecule has 4 aliphatic carbocycles. The summed E-state index contributed by atoms with van der Waals surface area (Å²) < 4.78 is 0. The van der Waals surface area contributed by atoms with Crippen LogP contribution >= 0.6 is 0 Å². The smallest absolute Gasteiger partial charge is 0.229 e. The van der Waals surface area contributed by atoms with Crippen LogP contribution in [0.4, 0.5) is 17.6 Å². The van der Waals surface area contributed by atoms with Gasteiger partial charge in [-0.05, 0) is 95.8 Å². The molecule has 3 fully saturated rings. The molecule has 1 aromatic heterocycles. The largest absolute Gasteiger partial charge is 0.381 e. The van der Waals surface area contributed by atoms with E-state index in [0.717, 1.165) is 82.8 Å². The number of fused-ring (bicyclic) bond motifs is 5. The fraction of sp³-hybridized carbons (Fsp3) is 0.684. The molecule has 1 saturated heterocycles. The van der Waals surface area contributed by atoms with Crippen molar-refractivity contribution >= 4 is 29.2 Å². The fourth-order valence-corrected chi connectivity index (χ4v) is 9.80. The molecule has 2 saturated carbocycles. The lowest BCUT2D eigenvalue weighted by atomic mass is 9.49. The van der Waals surface area contributed by atoms with Gasteiger partial charge in [0.05, 0.1) is 6.54 Å². The molecule has 6 rings (SSSR count). The molecule has 1 unspecified atom stereocenters. The molecule has 9 nitrogen and oxygen atoms in total. The molecule has 5 aliphatic rings. The molecular weight excluding hydrogens is 588 g/mol. The average molecular weight is 645 g/mol. The van der Waals surface area contributed by atoms with Gasteiger partial charge in [0.1, 0.15) is 17.2 Å². The minimum Gasteiger partial charge on any atom is -0.381 e. The molecule has 6 atom stereocenters. The van der Waals surface area contributed by atoms with Crippen molar-refractivity contribution in [2.24, 2.45) is 28.6 Å². The van der Waals surface area contributed by atoms with E-state index in [1.54, 1.807) is 6.08 Å². The lowest BCUT2D eigenvalue weighted by molar-refractivity contribution is -0.154. The van der Waals surface area contributed by atoms with Crippen LogP contribution in [0.1, 0.15) is 74.1 Å². The van der Waals surface area contributed by atoms with Gasteiger partial charge in [-0.3, -0.25) is 14.5 Å². The SMILES string of the molecule is CCN(CC)c1cc(N2CCN(CC(=O)[C@@]3(O)CC[C@H]4[C@@H]5CC(C)C6=CC(=O)C=C[C@]6(C)C5=CC[C@@]43C)CC2)nc(N(CC)CC)n1. The van der Waals surface area contributed by atoms with E-state index in [9.17, 15) is 14.7 Å².